The van der Waals surface area contributed by atoms with Gasteiger partial charge >= 0.3 is 0 Å². The molecule has 0 unspecified atom stereocenters. The second-order valence-electron chi connectivity index (χ2n) is 13.0. The summed E-state index contributed by atoms with van der Waals surface area (Å²) >= 11 is 6.76. The van der Waals surface area contributed by atoms with Crippen LogP contribution in [-0.2, 0) is 18.4 Å². The summed E-state index contributed by atoms with van der Waals surface area (Å²) in [6, 6.07) is 8.63. The van der Waals surface area contributed by atoms with Crippen molar-refractivity contribution < 1.29 is 14.0 Å². The monoisotopic (exact) mass is 621 g/mol. The molecule has 5 heterocycles. The molecule has 0 radical (unpaired) electrons. The standard InChI is InChI=1S/C33H41ClFN7O2/c1-19-24-10-9-20-17-27(42(29(20)38-24)14-8-6-5-7-12-33(2,3)32(44)37-19)30-39-25-16-21(15-22(34)28(25)41(30)4)31(43)40-26-18-36-13-11-23(26)35/h9-10,15-17,19,23,26,36H,5-8,11-14,18H2,1-4H3,(H,37,44)(H,40,43)/t19-,23+,26+/m1/s1. The summed E-state index contributed by atoms with van der Waals surface area (Å²) in [6.07, 6.45) is 4.16. The molecule has 3 atom stereocenters. The lowest BCUT2D eigenvalue weighted by atomic mass is 9.85. The van der Waals surface area contributed by atoms with Crippen LogP contribution in [0.25, 0.3) is 33.6 Å². The van der Waals surface area contributed by atoms with Crippen LogP contribution in [0.15, 0.2) is 30.3 Å². The van der Waals surface area contributed by atoms with E-state index < -0.39 is 17.6 Å². The van der Waals surface area contributed by atoms with Gasteiger partial charge in [0, 0.05) is 36.5 Å². The maximum atomic E-state index is 14.4. The number of amides is 2. The molecule has 1 aromatic carbocycles. The Bertz CT molecular complexity index is 1730. The molecule has 2 aliphatic heterocycles. The van der Waals surface area contributed by atoms with Crippen molar-refractivity contribution >= 4 is 45.5 Å². The molecule has 0 aliphatic carbocycles. The fourth-order valence-corrected chi connectivity index (χ4v) is 6.78. The number of rotatable bonds is 3. The fourth-order valence-electron chi connectivity index (χ4n) is 6.44. The third-order valence-electron chi connectivity index (χ3n) is 9.23. The number of imidazole rings is 1. The number of aromatic nitrogens is 4. The largest absolute Gasteiger partial charge is 0.348 e. The van der Waals surface area contributed by atoms with E-state index >= 15 is 0 Å². The molecule has 1 saturated heterocycles. The van der Waals surface area contributed by atoms with Crippen molar-refractivity contribution in [2.75, 3.05) is 13.1 Å². The summed E-state index contributed by atoms with van der Waals surface area (Å²) in [7, 11) is 1.92. The lowest BCUT2D eigenvalue weighted by molar-refractivity contribution is -0.130. The minimum atomic E-state index is -1.09. The molecule has 4 aromatic rings. The summed E-state index contributed by atoms with van der Waals surface area (Å²) in [6.45, 7) is 7.76. The second kappa shape index (κ2) is 12.1. The summed E-state index contributed by atoms with van der Waals surface area (Å²) < 4.78 is 18.6. The maximum Gasteiger partial charge on any atom is 0.251 e. The van der Waals surface area contributed by atoms with Gasteiger partial charge in [-0.25, -0.2) is 14.4 Å². The first-order valence-corrected chi connectivity index (χ1v) is 16.0. The van der Waals surface area contributed by atoms with Crippen molar-refractivity contribution in [3.05, 3.63) is 46.6 Å². The Balaban J connectivity index is 1.39. The minimum absolute atomic E-state index is 0.0459. The van der Waals surface area contributed by atoms with Crippen molar-refractivity contribution in [2.45, 2.75) is 84.1 Å². The van der Waals surface area contributed by atoms with Gasteiger partial charge in [0.15, 0.2) is 5.82 Å². The number of carbonyl (C=O) groups is 2. The Kier molecular flexibility index (Phi) is 8.41. The fraction of sp³-hybridized carbons (Fsp3) is 0.515. The highest BCUT2D eigenvalue weighted by Crippen LogP contribution is 2.34. The average Bonchev–Trinajstić information content (AvgIpc) is 3.52. The molecule has 0 spiro atoms. The molecule has 1 fully saturated rings. The average molecular weight is 622 g/mol. The molecule has 2 bridgehead atoms. The number of benzene rings is 1. The maximum absolute atomic E-state index is 14.4. The SMILES string of the molecule is C[C@H]1NC(=O)C(C)(C)CCCCCCn2c(-c3nc4cc(C(=O)N[C@H]5CNCC[C@@H]5F)cc(Cl)c4n3C)cc3ccc1nc32. The molecule has 0 saturated carbocycles. The number of nitrogens with zero attached hydrogens (tertiary/aromatic N) is 4. The number of piperidine rings is 1. The van der Waals surface area contributed by atoms with E-state index in [4.69, 9.17) is 21.6 Å². The van der Waals surface area contributed by atoms with Gasteiger partial charge in [-0.1, -0.05) is 44.7 Å². The van der Waals surface area contributed by atoms with Gasteiger partial charge in [-0.15, -0.1) is 0 Å². The van der Waals surface area contributed by atoms with Gasteiger partial charge in [-0.05, 0) is 63.1 Å². The van der Waals surface area contributed by atoms with E-state index in [1.807, 2.05) is 44.5 Å². The Labute approximate surface area is 261 Å². The van der Waals surface area contributed by atoms with E-state index in [0.29, 0.717) is 47.0 Å². The van der Waals surface area contributed by atoms with Crippen LogP contribution in [0.3, 0.4) is 0 Å². The zero-order valence-electron chi connectivity index (χ0n) is 25.8. The number of halogens is 2. The topological polar surface area (TPSA) is 106 Å². The van der Waals surface area contributed by atoms with Crippen LogP contribution in [0.2, 0.25) is 5.02 Å². The minimum Gasteiger partial charge on any atom is -0.348 e. The zero-order chi connectivity index (χ0) is 31.2. The number of fused-ring (bicyclic) bond motifs is 2. The van der Waals surface area contributed by atoms with Gasteiger partial charge in [0.25, 0.3) is 5.91 Å². The van der Waals surface area contributed by atoms with Gasteiger partial charge in [0.2, 0.25) is 5.91 Å². The van der Waals surface area contributed by atoms with Gasteiger partial charge in [-0.2, -0.15) is 0 Å². The molecule has 3 aromatic heterocycles. The van der Waals surface area contributed by atoms with Crippen LogP contribution in [0.1, 0.15) is 81.4 Å². The first-order chi connectivity index (χ1) is 21.0. The van der Waals surface area contributed by atoms with Crippen LogP contribution in [0.4, 0.5) is 4.39 Å². The predicted octanol–water partition coefficient (Wildman–Crippen LogP) is 5.84. The van der Waals surface area contributed by atoms with Crippen molar-refractivity contribution in [3.8, 4) is 11.5 Å². The molecule has 44 heavy (non-hydrogen) atoms. The van der Waals surface area contributed by atoms with E-state index in [1.165, 1.54) is 0 Å². The Morgan fingerprint density at radius 1 is 1.14 bits per heavy atom. The molecule has 2 amide bonds. The highest BCUT2D eigenvalue weighted by atomic mass is 35.5. The molecule has 6 rings (SSSR count). The molecule has 234 valence electrons. The Morgan fingerprint density at radius 2 is 1.93 bits per heavy atom. The van der Waals surface area contributed by atoms with Crippen LogP contribution >= 0.6 is 11.6 Å². The highest BCUT2D eigenvalue weighted by Gasteiger charge is 2.30. The van der Waals surface area contributed by atoms with Crippen molar-refractivity contribution in [2.24, 2.45) is 12.5 Å². The number of aryl methyl sites for hydroxylation is 2. The molecular formula is C33H41ClFN7O2. The third kappa shape index (κ3) is 5.81. The summed E-state index contributed by atoms with van der Waals surface area (Å²) in [5, 5.41) is 10.5. The van der Waals surface area contributed by atoms with Crippen molar-refractivity contribution in [3.63, 3.8) is 0 Å². The molecular weight excluding hydrogens is 581 g/mol. The Morgan fingerprint density at radius 3 is 2.73 bits per heavy atom. The van der Waals surface area contributed by atoms with Crippen LogP contribution in [0.5, 0.6) is 0 Å². The van der Waals surface area contributed by atoms with E-state index in [-0.39, 0.29) is 17.9 Å². The van der Waals surface area contributed by atoms with Gasteiger partial charge in [-0.3, -0.25) is 9.59 Å². The first-order valence-electron chi connectivity index (χ1n) is 15.7. The normalized spacial score (nSPS) is 23.0. The summed E-state index contributed by atoms with van der Waals surface area (Å²) in [4.78, 5) is 36.2. The number of pyridine rings is 1. The molecule has 3 N–H and O–H groups in total. The number of alkyl halides is 1. The van der Waals surface area contributed by atoms with Gasteiger partial charge in [0.05, 0.1) is 39.5 Å². The quantitative estimate of drug-likeness (QED) is 0.267. The lowest BCUT2D eigenvalue weighted by Gasteiger charge is -2.27. The molecule has 9 nitrogen and oxygen atoms in total. The Hall–Kier alpha value is -3.50. The number of hydrogen-bond acceptors (Lipinski definition) is 5. The number of hydrogen-bond donors (Lipinski definition) is 3. The van der Waals surface area contributed by atoms with Crippen molar-refractivity contribution in [1.82, 2.24) is 35.1 Å². The van der Waals surface area contributed by atoms with E-state index in [1.54, 1.807) is 12.1 Å². The predicted molar refractivity (Wildman–Crippen MR) is 172 cm³/mol. The number of nitrogens with one attached hydrogen (secondary N) is 3. The zero-order valence-corrected chi connectivity index (χ0v) is 26.6. The lowest BCUT2D eigenvalue weighted by Crippen LogP contribution is -2.52. The van der Waals surface area contributed by atoms with Crippen molar-refractivity contribution in [1.29, 1.82) is 0 Å². The van der Waals surface area contributed by atoms with E-state index in [0.717, 1.165) is 61.1 Å². The molecule has 2 aliphatic rings. The van der Waals surface area contributed by atoms with Gasteiger partial charge < -0.3 is 25.1 Å². The van der Waals surface area contributed by atoms with Gasteiger partial charge in [0.1, 0.15) is 11.8 Å². The van der Waals surface area contributed by atoms with E-state index in [2.05, 4.69) is 26.6 Å². The van der Waals surface area contributed by atoms with Crippen LogP contribution in [0, 0.1) is 5.41 Å². The smallest absolute Gasteiger partial charge is 0.251 e. The van der Waals surface area contributed by atoms with Crippen LogP contribution < -0.4 is 16.0 Å². The molecule has 11 heteroatoms. The highest BCUT2D eigenvalue weighted by molar-refractivity contribution is 6.35. The number of carbonyl (C=O) groups excluding carboxylic acids is 2. The summed E-state index contributed by atoms with van der Waals surface area (Å²) in [5.41, 5.74) is 3.77. The summed E-state index contributed by atoms with van der Waals surface area (Å²) in [5.74, 6) is 0.383. The van der Waals surface area contributed by atoms with E-state index in [9.17, 15) is 14.0 Å². The van der Waals surface area contributed by atoms with Crippen LogP contribution in [-0.4, -0.2) is 56.2 Å². The second-order valence-corrected chi connectivity index (χ2v) is 13.4. The first kappa shape index (κ1) is 30.5. The third-order valence-corrected chi connectivity index (χ3v) is 9.52.